The lowest BCUT2D eigenvalue weighted by Crippen LogP contribution is -2.44. The lowest BCUT2D eigenvalue weighted by atomic mass is 9.99. The number of aliphatic hydroxyl groups is 2. The van der Waals surface area contributed by atoms with E-state index in [-0.39, 0.29) is 11.9 Å². The SMILES string of the molecule is CCC(=O)N[C@H]1C[C@@H](n2cnc3c(NC(c4ccccc4)c4ccccc4)nc(N4CCNCC4)nc32)[C@H](O)[C@@H]1O. The van der Waals surface area contributed by atoms with Crippen LogP contribution < -0.4 is 20.9 Å². The summed E-state index contributed by atoms with van der Waals surface area (Å²) in [6.45, 7) is 4.93. The smallest absolute Gasteiger partial charge is 0.229 e. The molecule has 2 aliphatic rings. The number of amides is 1. The number of anilines is 2. The number of nitrogens with one attached hydrogen (secondary N) is 3. The third-order valence-electron chi connectivity index (χ3n) is 8.03. The molecule has 3 heterocycles. The second-order valence-corrected chi connectivity index (χ2v) is 10.6. The number of imidazole rings is 1. The van der Waals surface area contributed by atoms with Crippen molar-refractivity contribution in [3.05, 3.63) is 78.1 Å². The number of hydrogen-bond donors (Lipinski definition) is 5. The summed E-state index contributed by atoms with van der Waals surface area (Å²) in [6, 6.07) is 19.1. The minimum atomic E-state index is -1.10. The predicted molar refractivity (Wildman–Crippen MR) is 157 cm³/mol. The Hall–Kier alpha value is -4.06. The Morgan fingerprint density at radius 3 is 2.29 bits per heavy atom. The number of aromatic nitrogens is 4. The number of benzene rings is 2. The minimum absolute atomic E-state index is 0.167. The number of carbonyl (C=O) groups is 1. The van der Waals surface area contributed by atoms with Gasteiger partial charge in [-0.05, 0) is 17.5 Å². The predicted octanol–water partition coefficient (Wildman–Crippen LogP) is 2.00. The summed E-state index contributed by atoms with van der Waals surface area (Å²) in [4.78, 5) is 28.9. The lowest BCUT2D eigenvalue weighted by Gasteiger charge is -2.28. The highest BCUT2D eigenvalue weighted by Gasteiger charge is 2.44. The van der Waals surface area contributed by atoms with E-state index in [0.717, 1.165) is 37.3 Å². The molecule has 11 nitrogen and oxygen atoms in total. The molecule has 1 aliphatic heterocycles. The third kappa shape index (κ3) is 5.48. The summed E-state index contributed by atoms with van der Waals surface area (Å²) < 4.78 is 1.82. The van der Waals surface area contributed by atoms with Gasteiger partial charge in [-0.1, -0.05) is 67.6 Å². The zero-order valence-corrected chi connectivity index (χ0v) is 23.0. The fourth-order valence-electron chi connectivity index (χ4n) is 5.78. The zero-order valence-electron chi connectivity index (χ0n) is 23.0. The standard InChI is InChI=1S/C30H36N8O3/c1-2-23(39)33-21-17-22(27(41)26(21)40)38-18-32-25-28(35-30(36-29(25)38)37-15-13-31-14-16-37)34-24(19-9-5-3-6-10-19)20-11-7-4-8-12-20/h3-12,18,21-22,24,26-27,31,40-41H,2,13-17H2,1H3,(H,33,39)(H,34,35,36)/t21-,22+,26+,27-/m0/s1. The molecule has 0 radical (unpaired) electrons. The van der Waals surface area contributed by atoms with Crippen molar-refractivity contribution in [2.45, 2.75) is 50.1 Å². The molecule has 2 aromatic carbocycles. The number of rotatable bonds is 8. The fraction of sp³-hybridized carbons (Fsp3) is 0.400. The van der Waals surface area contributed by atoms with Gasteiger partial charge in [0.15, 0.2) is 17.0 Å². The van der Waals surface area contributed by atoms with Gasteiger partial charge in [-0.15, -0.1) is 0 Å². The normalized spacial score (nSPS) is 22.8. The second kappa shape index (κ2) is 11.8. The Bertz CT molecular complexity index is 1440. The van der Waals surface area contributed by atoms with Crippen LogP contribution in [0.15, 0.2) is 67.0 Å². The van der Waals surface area contributed by atoms with Crippen LogP contribution >= 0.6 is 0 Å². The number of nitrogens with zero attached hydrogens (tertiary/aromatic N) is 5. The summed E-state index contributed by atoms with van der Waals surface area (Å²) >= 11 is 0. The first-order valence-corrected chi connectivity index (χ1v) is 14.3. The monoisotopic (exact) mass is 556 g/mol. The van der Waals surface area contributed by atoms with Gasteiger partial charge in [0.25, 0.3) is 0 Å². The molecule has 214 valence electrons. The first-order chi connectivity index (χ1) is 20.0. The van der Waals surface area contributed by atoms with E-state index in [0.29, 0.717) is 35.8 Å². The average molecular weight is 557 g/mol. The van der Waals surface area contributed by atoms with Gasteiger partial charge in [-0.2, -0.15) is 9.97 Å². The van der Waals surface area contributed by atoms with Gasteiger partial charge < -0.3 is 35.6 Å². The van der Waals surface area contributed by atoms with Crippen molar-refractivity contribution >= 4 is 28.8 Å². The molecule has 1 aliphatic carbocycles. The van der Waals surface area contributed by atoms with Crippen molar-refractivity contribution in [2.24, 2.45) is 0 Å². The van der Waals surface area contributed by atoms with Gasteiger partial charge in [-0.3, -0.25) is 4.79 Å². The summed E-state index contributed by atoms with van der Waals surface area (Å²) in [7, 11) is 0. The quantitative estimate of drug-likeness (QED) is 0.220. The van der Waals surface area contributed by atoms with Crippen LogP contribution in [0.4, 0.5) is 11.8 Å². The molecule has 11 heteroatoms. The van der Waals surface area contributed by atoms with Crippen molar-refractivity contribution in [1.82, 2.24) is 30.2 Å². The first-order valence-electron chi connectivity index (χ1n) is 14.3. The van der Waals surface area contributed by atoms with E-state index in [1.165, 1.54) is 0 Å². The molecule has 4 aromatic rings. The number of hydrogen-bond acceptors (Lipinski definition) is 9. The lowest BCUT2D eigenvalue weighted by molar-refractivity contribution is -0.122. The number of fused-ring (bicyclic) bond motifs is 1. The molecule has 0 unspecified atom stereocenters. The second-order valence-electron chi connectivity index (χ2n) is 10.6. The van der Waals surface area contributed by atoms with Crippen LogP contribution in [0.25, 0.3) is 11.2 Å². The van der Waals surface area contributed by atoms with Crippen LogP contribution in [-0.2, 0) is 4.79 Å². The Morgan fingerprint density at radius 2 is 1.66 bits per heavy atom. The highest BCUT2D eigenvalue weighted by atomic mass is 16.3. The summed E-state index contributed by atoms with van der Waals surface area (Å²) in [5.41, 5.74) is 3.30. The molecule has 6 rings (SSSR count). The van der Waals surface area contributed by atoms with E-state index >= 15 is 0 Å². The third-order valence-corrected chi connectivity index (χ3v) is 8.03. The Kier molecular flexibility index (Phi) is 7.82. The van der Waals surface area contributed by atoms with Crippen molar-refractivity contribution in [2.75, 3.05) is 36.4 Å². The van der Waals surface area contributed by atoms with Gasteiger partial charge >= 0.3 is 0 Å². The maximum atomic E-state index is 12.1. The maximum absolute atomic E-state index is 12.1. The topological polar surface area (TPSA) is 140 Å². The Labute approximate surface area is 238 Å². The van der Waals surface area contributed by atoms with Crippen LogP contribution in [0.3, 0.4) is 0 Å². The molecule has 41 heavy (non-hydrogen) atoms. The molecule has 1 saturated carbocycles. The van der Waals surface area contributed by atoms with Gasteiger partial charge in [0, 0.05) is 32.6 Å². The largest absolute Gasteiger partial charge is 0.388 e. The number of aliphatic hydroxyl groups excluding tert-OH is 2. The highest BCUT2D eigenvalue weighted by Crippen LogP contribution is 2.36. The van der Waals surface area contributed by atoms with E-state index in [1.807, 2.05) is 41.0 Å². The van der Waals surface area contributed by atoms with Crippen molar-refractivity contribution in [3.63, 3.8) is 0 Å². The maximum Gasteiger partial charge on any atom is 0.229 e. The van der Waals surface area contributed by atoms with Crippen LogP contribution in [0.1, 0.15) is 43.0 Å². The Balaban J connectivity index is 1.43. The molecule has 1 amide bonds. The van der Waals surface area contributed by atoms with E-state index < -0.39 is 24.3 Å². The van der Waals surface area contributed by atoms with Gasteiger partial charge in [0.2, 0.25) is 11.9 Å². The highest BCUT2D eigenvalue weighted by molar-refractivity contribution is 5.85. The number of carbonyl (C=O) groups excluding carboxylic acids is 1. The molecular weight excluding hydrogens is 520 g/mol. The van der Waals surface area contributed by atoms with Crippen LogP contribution in [-0.4, -0.2) is 80.1 Å². The number of piperazine rings is 1. The molecule has 2 fully saturated rings. The summed E-state index contributed by atoms with van der Waals surface area (Å²) in [5, 5.41) is 31.7. The molecule has 2 aromatic heterocycles. The zero-order chi connectivity index (χ0) is 28.3. The van der Waals surface area contributed by atoms with E-state index in [4.69, 9.17) is 15.0 Å². The molecule has 0 spiro atoms. The molecule has 5 N–H and O–H groups in total. The molecular formula is C30H36N8O3. The molecule has 4 atom stereocenters. The fourth-order valence-corrected chi connectivity index (χ4v) is 5.78. The summed E-state index contributed by atoms with van der Waals surface area (Å²) in [6.07, 6.45) is 0.117. The van der Waals surface area contributed by atoms with Crippen LogP contribution in [0.5, 0.6) is 0 Å². The van der Waals surface area contributed by atoms with E-state index in [1.54, 1.807) is 13.3 Å². The van der Waals surface area contributed by atoms with Crippen molar-refractivity contribution < 1.29 is 15.0 Å². The molecule has 1 saturated heterocycles. The van der Waals surface area contributed by atoms with Gasteiger partial charge in [-0.25, -0.2) is 4.98 Å². The van der Waals surface area contributed by atoms with Crippen LogP contribution in [0, 0.1) is 0 Å². The van der Waals surface area contributed by atoms with Gasteiger partial charge in [0.1, 0.15) is 12.2 Å². The Morgan fingerprint density at radius 1 is 1.00 bits per heavy atom. The van der Waals surface area contributed by atoms with Crippen LogP contribution in [0.2, 0.25) is 0 Å². The first kappa shape index (κ1) is 27.1. The van der Waals surface area contributed by atoms with Gasteiger partial charge in [0.05, 0.1) is 24.5 Å². The van der Waals surface area contributed by atoms with E-state index in [2.05, 4.69) is 45.1 Å². The summed E-state index contributed by atoms with van der Waals surface area (Å²) in [5.74, 6) is 0.996. The molecule has 0 bridgehead atoms. The minimum Gasteiger partial charge on any atom is -0.388 e. The van der Waals surface area contributed by atoms with Crippen molar-refractivity contribution in [3.8, 4) is 0 Å². The van der Waals surface area contributed by atoms with Crippen molar-refractivity contribution in [1.29, 1.82) is 0 Å². The average Bonchev–Trinajstić information content (AvgIpc) is 3.57. The van der Waals surface area contributed by atoms with E-state index in [9.17, 15) is 15.0 Å².